The zero-order valence-corrected chi connectivity index (χ0v) is 8.92. The molecule has 0 bridgehead atoms. The summed E-state index contributed by atoms with van der Waals surface area (Å²) in [6.07, 6.45) is 1.63. The summed E-state index contributed by atoms with van der Waals surface area (Å²) in [5.41, 5.74) is 2.59. The summed E-state index contributed by atoms with van der Waals surface area (Å²) < 4.78 is 12.9. The molecule has 1 nitrogen and oxygen atoms in total. The average Bonchev–Trinajstić information content (AvgIpc) is 2.20. The van der Waals surface area contributed by atoms with Gasteiger partial charge in [0.25, 0.3) is 0 Å². The minimum atomic E-state index is -0.240. The summed E-state index contributed by atoms with van der Waals surface area (Å²) in [6, 6.07) is 8.30. The number of nitrogens with zero attached hydrogens (tertiary/aromatic N) is 1. The van der Waals surface area contributed by atoms with Crippen LogP contribution in [0.4, 0.5) is 4.39 Å². The molecule has 2 rings (SSSR count). The number of aromatic nitrogens is 1. The maximum atomic E-state index is 12.9. The number of rotatable bonds is 1. The van der Waals surface area contributed by atoms with Gasteiger partial charge in [-0.1, -0.05) is 17.7 Å². The normalized spacial score (nSPS) is 10.3. The van der Waals surface area contributed by atoms with Crippen LogP contribution in [0.3, 0.4) is 0 Å². The summed E-state index contributed by atoms with van der Waals surface area (Å²) >= 11 is 5.97. The van der Waals surface area contributed by atoms with E-state index in [1.165, 1.54) is 12.1 Å². The van der Waals surface area contributed by atoms with Crippen LogP contribution in [0.15, 0.2) is 36.5 Å². The molecule has 0 saturated heterocycles. The van der Waals surface area contributed by atoms with Crippen LogP contribution in [-0.2, 0) is 0 Å². The minimum Gasteiger partial charge on any atom is -0.244 e. The van der Waals surface area contributed by atoms with Crippen LogP contribution >= 0.6 is 11.6 Å². The summed E-state index contributed by atoms with van der Waals surface area (Å²) in [5.74, 6) is -0.240. The first-order valence-corrected chi connectivity index (χ1v) is 4.93. The number of aryl methyl sites for hydroxylation is 1. The van der Waals surface area contributed by atoms with E-state index < -0.39 is 0 Å². The van der Waals surface area contributed by atoms with Gasteiger partial charge in [0.1, 0.15) is 11.0 Å². The van der Waals surface area contributed by atoms with Gasteiger partial charge in [-0.25, -0.2) is 9.37 Å². The second kappa shape index (κ2) is 3.99. The van der Waals surface area contributed by atoms with Gasteiger partial charge in [0.05, 0.1) is 0 Å². The third kappa shape index (κ3) is 2.00. The van der Waals surface area contributed by atoms with Crippen LogP contribution in [-0.4, -0.2) is 4.98 Å². The molecule has 0 spiro atoms. The van der Waals surface area contributed by atoms with Gasteiger partial charge in [0.2, 0.25) is 0 Å². The second-order valence-corrected chi connectivity index (χ2v) is 3.66. The van der Waals surface area contributed by atoms with Crippen LogP contribution in [0.5, 0.6) is 0 Å². The predicted molar refractivity (Wildman–Crippen MR) is 59.4 cm³/mol. The smallest absolute Gasteiger partial charge is 0.136 e. The highest BCUT2D eigenvalue weighted by molar-refractivity contribution is 6.32. The number of hydrogen-bond acceptors (Lipinski definition) is 1. The Morgan fingerprint density at radius 2 is 2.00 bits per heavy atom. The zero-order valence-electron chi connectivity index (χ0n) is 8.17. The van der Waals surface area contributed by atoms with Gasteiger partial charge in [-0.15, -0.1) is 0 Å². The highest BCUT2D eigenvalue weighted by atomic mass is 35.5. The number of benzene rings is 1. The fourth-order valence-electron chi connectivity index (χ4n) is 1.52. The Morgan fingerprint density at radius 3 is 2.67 bits per heavy atom. The molecule has 0 aliphatic carbocycles. The van der Waals surface area contributed by atoms with Crippen LogP contribution in [0.25, 0.3) is 11.1 Å². The Labute approximate surface area is 92.5 Å². The average molecular weight is 222 g/mol. The molecule has 0 amide bonds. The van der Waals surface area contributed by atoms with E-state index in [1.807, 2.05) is 19.1 Å². The van der Waals surface area contributed by atoms with E-state index >= 15 is 0 Å². The van der Waals surface area contributed by atoms with Gasteiger partial charge in [0, 0.05) is 11.8 Å². The van der Waals surface area contributed by atoms with Crippen molar-refractivity contribution in [2.75, 3.05) is 0 Å². The number of hydrogen-bond donors (Lipinski definition) is 0. The van der Waals surface area contributed by atoms with Crippen LogP contribution in [0.2, 0.25) is 5.15 Å². The van der Waals surface area contributed by atoms with Gasteiger partial charge >= 0.3 is 0 Å². The van der Waals surface area contributed by atoms with E-state index in [-0.39, 0.29) is 5.82 Å². The summed E-state index contributed by atoms with van der Waals surface area (Å²) in [6.45, 7) is 1.85. The summed E-state index contributed by atoms with van der Waals surface area (Å²) in [5, 5.41) is 0.437. The lowest BCUT2D eigenvalue weighted by Gasteiger charge is -2.06. The first-order valence-electron chi connectivity index (χ1n) is 4.55. The van der Waals surface area contributed by atoms with E-state index in [0.717, 1.165) is 16.7 Å². The highest BCUT2D eigenvalue weighted by Crippen LogP contribution is 2.28. The molecule has 1 aromatic carbocycles. The predicted octanol–water partition coefficient (Wildman–Crippen LogP) is 3.85. The first-order chi connectivity index (χ1) is 7.18. The topological polar surface area (TPSA) is 12.9 Å². The minimum absolute atomic E-state index is 0.240. The molecule has 15 heavy (non-hydrogen) atoms. The summed E-state index contributed by atoms with van der Waals surface area (Å²) in [7, 11) is 0. The van der Waals surface area contributed by atoms with Crippen molar-refractivity contribution in [3.63, 3.8) is 0 Å². The van der Waals surface area contributed by atoms with E-state index in [4.69, 9.17) is 11.6 Å². The third-order valence-electron chi connectivity index (χ3n) is 2.24. The zero-order chi connectivity index (χ0) is 10.8. The maximum absolute atomic E-state index is 12.9. The van der Waals surface area contributed by atoms with Gasteiger partial charge < -0.3 is 0 Å². The van der Waals surface area contributed by atoms with Crippen molar-refractivity contribution in [2.24, 2.45) is 0 Å². The van der Waals surface area contributed by atoms with Crippen LogP contribution in [0, 0.1) is 12.7 Å². The molecule has 2 aromatic rings. The lowest BCUT2D eigenvalue weighted by molar-refractivity contribution is 0.627. The van der Waals surface area contributed by atoms with Crippen LogP contribution < -0.4 is 0 Å². The fourth-order valence-corrected chi connectivity index (χ4v) is 1.74. The van der Waals surface area contributed by atoms with Crippen molar-refractivity contribution in [3.8, 4) is 11.1 Å². The fraction of sp³-hybridized carbons (Fsp3) is 0.0833. The molecule has 0 atom stereocenters. The molecule has 0 N–H and O–H groups in total. The van der Waals surface area contributed by atoms with Gasteiger partial charge in [0.15, 0.2) is 0 Å². The molecule has 0 fully saturated rings. The molecule has 1 aromatic heterocycles. The van der Waals surface area contributed by atoms with Crippen LogP contribution in [0.1, 0.15) is 5.56 Å². The third-order valence-corrected chi connectivity index (χ3v) is 2.54. The summed E-state index contributed by atoms with van der Waals surface area (Å²) in [4.78, 5) is 3.99. The Bertz CT molecular complexity index is 497. The SMILES string of the molecule is Cc1cc(F)ccc1-c1cccnc1Cl. The van der Waals surface area contributed by atoms with Gasteiger partial charge in [-0.2, -0.15) is 0 Å². The standard InChI is InChI=1S/C12H9ClFN/c1-8-7-9(14)4-5-10(8)11-3-2-6-15-12(11)13/h2-7H,1H3. The molecule has 76 valence electrons. The number of halogens is 2. The molecule has 0 radical (unpaired) electrons. The van der Waals surface area contributed by atoms with Gasteiger partial charge in [-0.05, 0) is 42.3 Å². The van der Waals surface area contributed by atoms with E-state index in [1.54, 1.807) is 12.3 Å². The highest BCUT2D eigenvalue weighted by Gasteiger charge is 2.06. The lowest BCUT2D eigenvalue weighted by Crippen LogP contribution is -1.87. The molecule has 0 saturated carbocycles. The van der Waals surface area contributed by atoms with Crippen molar-refractivity contribution < 1.29 is 4.39 Å². The molecular formula is C12H9ClFN. The Kier molecular flexibility index (Phi) is 2.69. The Morgan fingerprint density at radius 1 is 1.20 bits per heavy atom. The van der Waals surface area contributed by atoms with E-state index in [0.29, 0.717) is 5.15 Å². The molecule has 0 aliphatic heterocycles. The van der Waals surface area contributed by atoms with Gasteiger partial charge in [-0.3, -0.25) is 0 Å². The molecule has 0 aliphatic rings. The van der Waals surface area contributed by atoms with E-state index in [9.17, 15) is 4.39 Å². The number of pyridine rings is 1. The molecule has 0 unspecified atom stereocenters. The van der Waals surface area contributed by atoms with Crippen molar-refractivity contribution in [3.05, 3.63) is 53.1 Å². The van der Waals surface area contributed by atoms with Crippen molar-refractivity contribution in [1.82, 2.24) is 4.98 Å². The lowest BCUT2D eigenvalue weighted by atomic mass is 10.0. The Balaban J connectivity index is 2.60. The monoisotopic (exact) mass is 221 g/mol. The quantitative estimate of drug-likeness (QED) is 0.667. The van der Waals surface area contributed by atoms with E-state index in [2.05, 4.69) is 4.98 Å². The first kappa shape index (κ1) is 10.1. The molecular weight excluding hydrogens is 213 g/mol. The second-order valence-electron chi connectivity index (χ2n) is 3.30. The molecule has 1 heterocycles. The van der Waals surface area contributed by atoms with Crippen molar-refractivity contribution in [1.29, 1.82) is 0 Å². The van der Waals surface area contributed by atoms with Crippen molar-refractivity contribution in [2.45, 2.75) is 6.92 Å². The van der Waals surface area contributed by atoms with Crippen molar-refractivity contribution >= 4 is 11.6 Å². The maximum Gasteiger partial charge on any atom is 0.136 e. The molecule has 3 heteroatoms. The Hall–Kier alpha value is -1.41. The largest absolute Gasteiger partial charge is 0.244 e.